The summed E-state index contributed by atoms with van der Waals surface area (Å²) >= 11 is 0. The summed E-state index contributed by atoms with van der Waals surface area (Å²) in [6, 6.07) is 21.3. The maximum Gasteiger partial charge on any atom is 0.253 e. The largest absolute Gasteiger partial charge is 0.383 e. The molecule has 1 unspecified atom stereocenters. The Labute approximate surface area is 209 Å². The van der Waals surface area contributed by atoms with E-state index >= 15 is 0 Å². The molecule has 2 aliphatic rings. The van der Waals surface area contributed by atoms with Gasteiger partial charge < -0.3 is 15.5 Å². The third-order valence-electron chi connectivity index (χ3n) is 7.77. The second-order valence-corrected chi connectivity index (χ2v) is 10.1. The molecule has 5 heteroatoms. The number of hydrogen-bond donors (Lipinski definition) is 1. The van der Waals surface area contributed by atoms with Crippen molar-refractivity contribution in [1.29, 1.82) is 0 Å². The van der Waals surface area contributed by atoms with Gasteiger partial charge in [0.15, 0.2) is 0 Å². The van der Waals surface area contributed by atoms with E-state index in [1.807, 2.05) is 41.4 Å². The zero-order valence-corrected chi connectivity index (χ0v) is 20.7. The molecule has 2 fully saturated rings. The lowest BCUT2D eigenvalue weighted by Crippen LogP contribution is -2.45. The summed E-state index contributed by atoms with van der Waals surface area (Å²) in [4.78, 5) is 22.2. The van der Waals surface area contributed by atoms with Crippen LogP contribution in [0.2, 0.25) is 0 Å². The summed E-state index contributed by atoms with van der Waals surface area (Å²) in [7, 11) is 0. The molecule has 182 valence electrons. The quantitative estimate of drug-likeness (QED) is 0.528. The Morgan fingerprint density at radius 1 is 0.971 bits per heavy atom. The molecule has 1 aromatic heterocycles. The average Bonchev–Trinajstić information content (AvgIpc) is 3.45. The van der Waals surface area contributed by atoms with E-state index in [0.717, 1.165) is 54.6 Å². The fourth-order valence-electron chi connectivity index (χ4n) is 5.60. The van der Waals surface area contributed by atoms with Crippen molar-refractivity contribution in [3.05, 3.63) is 83.6 Å². The number of nitrogen functional groups attached to an aromatic ring is 1. The normalized spacial score (nSPS) is 18.0. The molecule has 2 N–H and O–H groups in total. The number of anilines is 1. The van der Waals surface area contributed by atoms with Gasteiger partial charge in [-0.3, -0.25) is 4.79 Å². The first-order valence-corrected chi connectivity index (χ1v) is 13.0. The highest BCUT2D eigenvalue weighted by atomic mass is 16.2. The number of carbonyl (C=O) groups excluding carboxylic acids is 1. The molecule has 5 rings (SSSR count). The van der Waals surface area contributed by atoms with E-state index in [9.17, 15) is 4.79 Å². The molecular formula is C30H36N4O. The zero-order valence-electron chi connectivity index (χ0n) is 20.7. The average molecular weight is 469 g/mol. The van der Waals surface area contributed by atoms with Gasteiger partial charge in [0.25, 0.3) is 5.91 Å². The number of amides is 1. The van der Waals surface area contributed by atoms with Crippen LogP contribution in [0.3, 0.4) is 0 Å². The van der Waals surface area contributed by atoms with Gasteiger partial charge in [0.05, 0.1) is 0 Å². The number of likely N-dealkylation sites (tertiary alicyclic amines) is 2. The van der Waals surface area contributed by atoms with Crippen molar-refractivity contribution in [3.8, 4) is 11.1 Å². The van der Waals surface area contributed by atoms with E-state index in [-0.39, 0.29) is 5.91 Å². The molecule has 1 atom stereocenters. The van der Waals surface area contributed by atoms with Gasteiger partial charge in [-0.05, 0) is 86.0 Å². The molecule has 0 radical (unpaired) electrons. The summed E-state index contributed by atoms with van der Waals surface area (Å²) in [6.45, 7) is 6.38. The minimum atomic E-state index is 0.143. The van der Waals surface area contributed by atoms with E-state index in [1.54, 1.807) is 0 Å². The molecule has 2 aliphatic heterocycles. The highest BCUT2D eigenvalue weighted by Gasteiger charge is 2.28. The van der Waals surface area contributed by atoms with E-state index in [2.05, 4.69) is 47.1 Å². The van der Waals surface area contributed by atoms with Crippen LogP contribution in [0.15, 0.2) is 66.9 Å². The molecule has 35 heavy (non-hydrogen) atoms. The van der Waals surface area contributed by atoms with Gasteiger partial charge in [0.2, 0.25) is 0 Å². The summed E-state index contributed by atoms with van der Waals surface area (Å²) in [6.07, 6.45) is 7.48. The van der Waals surface area contributed by atoms with Gasteiger partial charge in [0, 0.05) is 36.5 Å². The first-order chi connectivity index (χ1) is 17.1. The van der Waals surface area contributed by atoms with Crippen LogP contribution in [0.1, 0.15) is 60.0 Å². The molecule has 3 aromatic rings. The minimum Gasteiger partial charge on any atom is -0.383 e. The monoisotopic (exact) mass is 468 g/mol. The van der Waals surface area contributed by atoms with E-state index in [0.29, 0.717) is 17.8 Å². The van der Waals surface area contributed by atoms with Crippen molar-refractivity contribution in [3.63, 3.8) is 0 Å². The van der Waals surface area contributed by atoms with Crippen molar-refractivity contribution in [2.75, 3.05) is 31.9 Å². The predicted molar refractivity (Wildman–Crippen MR) is 142 cm³/mol. The number of piperidine rings is 1. The predicted octanol–water partition coefficient (Wildman–Crippen LogP) is 5.38. The Morgan fingerprint density at radius 3 is 2.34 bits per heavy atom. The van der Waals surface area contributed by atoms with Crippen LogP contribution < -0.4 is 5.73 Å². The highest BCUT2D eigenvalue weighted by molar-refractivity contribution is 5.94. The fourth-order valence-corrected chi connectivity index (χ4v) is 5.60. The molecular weight excluding hydrogens is 432 g/mol. The van der Waals surface area contributed by atoms with Crippen molar-refractivity contribution in [1.82, 2.24) is 14.8 Å². The molecule has 5 nitrogen and oxygen atoms in total. The third-order valence-corrected chi connectivity index (χ3v) is 7.77. The van der Waals surface area contributed by atoms with Crippen LogP contribution in [0, 0.1) is 0 Å². The number of benzene rings is 2. The molecule has 0 spiro atoms. The van der Waals surface area contributed by atoms with Crippen molar-refractivity contribution >= 4 is 11.7 Å². The highest BCUT2D eigenvalue weighted by Crippen LogP contribution is 2.28. The number of nitrogens with zero attached hydrogens (tertiary/aromatic N) is 3. The standard InChI is InChI=1S/C30H36N4O/c1-22(23-7-3-2-4-8-23)19-26-20-27(21-32-29(26)31)24-9-11-25(12-10-24)30(35)34-17-13-28(14-18-34)33-15-5-6-16-33/h2-4,7-12,20-22,28H,5-6,13-19H2,1H3,(H2,31,32). The van der Waals surface area contributed by atoms with Crippen molar-refractivity contribution in [2.45, 2.75) is 51.0 Å². The Kier molecular flexibility index (Phi) is 7.14. The van der Waals surface area contributed by atoms with Crippen molar-refractivity contribution < 1.29 is 4.79 Å². The molecule has 2 aromatic carbocycles. The number of rotatable bonds is 6. The van der Waals surface area contributed by atoms with Gasteiger partial charge in [0.1, 0.15) is 5.82 Å². The fraction of sp³-hybridized carbons (Fsp3) is 0.400. The molecule has 1 amide bonds. The van der Waals surface area contributed by atoms with E-state index in [1.165, 1.54) is 31.5 Å². The Bertz CT molecular complexity index is 1130. The minimum absolute atomic E-state index is 0.143. The van der Waals surface area contributed by atoms with Crippen LogP contribution in [0.5, 0.6) is 0 Å². The lowest BCUT2D eigenvalue weighted by Gasteiger charge is -2.36. The number of carbonyl (C=O) groups is 1. The zero-order chi connectivity index (χ0) is 24.2. The second-order valence-electron chi connectivity index (χ2n) is 10.1. The second kappa shape index (κ2) is 10.6. The molecule has 0 bridgehead atoms. The number of nitrogens with two attached hydrogens (primary N) is 1. The van der Waals surface area contributed by atoms with Crippen LogP contribution in [-0.4, -0.2) is 52.9 Å². The van der Waals surface area contributed by atoms with Gasteiger partial charge >= 0.3 is 0 Å². The van der Waals surface area contributed by atoms with Crippen molar-refractivity contribution in [2.24, 2.45) is 0 Å². The van der Waals surface area contributed by atoms with Crippen LogP contribution in [0.25, 0.3) is 11.1 Å². The summed E-state index contributed by atoms with van der Waals surface area (Å²) in [5.41, 5.74) is 11.4. The van der Waals surface area contributed by atoms with Gasteiger partial charge in [-0.1, -0.05) is 49.4 Å². The Morgan fingerprint density at radius 2 is 1.66 bits per heavy atom. The number of hydrogen-bond acceptors (Lipinski definition) is 4. The van der Waals surface area contributed by atoms with E-state index in [4.69, 9.17) is 5.73 Å². The molecule has 0 saturated carbocycles. The Balaban J connectivity index is 1.24. The van der Waals surface area contributed by atoms with Crippen LogP contribution in [0.4, 0.5) is 5.82 Å². The molecule has 2 saturated heterocycles. The Hall–Kier alpha value is -3.18. The van der Waals surface area contributed by atoms with E-state index < -0.39 is 0 Å². The van der Waals surface area contributed by atoms with Crippen LogP contribution >= 0.6 is 0 Å². The summed E-state index contributed by atoms with van der Waals surface area (Å²) in [5, 5.41) is 0. The topological polar surface area (TPSA) is 62.5 Å². The lowest BCUT2D eigenvalue weighted by atomic mass is 9.93. The number of pyridine rings is 1. The molecule has 3 heterocycles. The smallest absolute Gasteiger partial charge is 0.253 e. The summed E-state index contributed by atoms with van der Waals surface area (Å²) in [5.74, 6) is 1.08. The third kappa shape index (κ3) is 5.40. The molecule has 0 aliphatic carbocycles. The van der Waals surface area contributed by atoms with Gasteiger partial charge in [-0.15, -0.1) is 0 Å². The summed E-state index contributed by atoms with van der Waals surface area (Å²) < 4.78 is 0. The maximum atomic E-state index is 13.1. The number of aromatic nitrogens is 1. The SMILES string of the molecule is CC(Cc1cc(-c2ccc(C(=O)N3CCC(N4CCCC4)CC3)cc2)cnc1N)c1ccccc1. The van der Waals surface area contributed by atoms with Crippen LogP contribution in [-0.2, 0) is 6.42 Å². The maximum absolute atomic E-state index is 13.1. The first kappa shape index (κ1) is 23.6. The lowest BCUT2D eigenvalue weighted by molar-refractivity contribution is 0.0644. The first-order valence-electron chi connectivity index (χ1n) is 13.0. The van der Waals surface area contributed by atoms with Gasteiger partial charge in [-0.25, -0.2) is 4.98 Å². The van der Waals surface area contributed by atoms with Gasteiger partial charge in [-0.2, -0.15) is 0 Å².